The molecule has 0 saturated carbocycles. The Kier molecular flexibility index (Phi) is 6.90. The van der Waals surface area contributed by atoms with Crippen LogP contribution in [0.3, 0.4) is 0 Å². The van der Waals surface area contributed by atoms with Crippen molar-refractivity contribution in [3.05, 3.63) is 40.5 Å². The Morgan fingerprint density at radius 1 is 1.32 bits per heavy atom. The van der Waals surface area contributed by atoms with Gasteiger partial charge in [0.1, 0.15) is 5.82 Å². The van der Waals surface area contributed by atoms with Crippen molar-refractivity contribution in [1.29, 1.82) is 0 Å². The average Bonchev–Trinajstić information content (AvgIpc) is 3.09. The van der Waals surface area contributed by atoms with E-state index in [1.54, 1.807) is 23.0 Å². The molecule has 2 heterocycles. The monoisotopic (exact) mass is 462 g/mol. The van der Waals surface area contributed by atoms with Crippen LogP contribution in [0.1, 0.15) is 24.2 Å². The maximum atomic E-state index is 12.3. The molecular weight excluding hydrogens is 440 g/mol. The summed E-state index contributed by atoms with van der Waals surface area (Å²) in [4.78, 5) is 21.5. The highest BCUT2D eigenvalue weighted by molar-refractivity contribution is 9.10. The molecule has 0 radical (unpaired) electrons. The Labute approximate surface area is 176 Å². The lowest BCUT2D eigenvalue weighted by Gasteiger charge is -2.11. The fourth-order valence-corrected chi connectivity index (χ4v) is 3.39. The molecule has 1 aromatic carbocycles. The number of anilines is 1. The first kappa shape index (κ1) is 20.6. The molecule has 3 rings (SSSR count). The van der Waals surface area contributed by atoms with Crippen molar-refractivity contribution in [3.63, 3.8) is 0 Å². The summed E-state index contributed by atoms with van der Waals surface area (Å²) in [5.74, 6) is 1.19. The zero-order valence-corrected chi connectivity index (χ0v) is 18.5. The number of amides is 1. The number of benzene rings is 1. The molecule has 0 saturated heterocycles. The Bertz CT molecular complexity index is 974. The lowest BCUT2D eigenvalue weighted by molar-refractivity contribution is 0.0952. The molecule has 2 N–H and O–H groups in total. The Balaban J connectivity index is 1.72. The minimum atomic E-state index is -0.114. The quantitative estimate of drug-likeness (QED) is 0.391. The number of nitrogens with one attached hydrogen (secondary N) is 2. The van der Waals surface area contributed by atoms with Crippen molar-refractivity contribution in [2.24, 2.45) is 5.92 Å². The van der Waals surface area contributed by atoms with Gasteiger partial charge in [0.25, 0.3) is 5.91 Å². The van der Waals surface area contributed by atoms with Gasteiger partial charge in [-0.05, 0) is 30.4 Å². The number of rotatable bonds is 8. The fraction of sp³-hybridized carbons (Fsp3) is 0.368. The third kappa shape index (κ3) is 5.02. The number of thioether (sulfide) groups is 1. The minimum Gasteiger partial charge on any atom is -0.369 e. The smallest absolute Gasteiger partial charge is 0.251 e. The van der Waals surface area contributed by atoms with Gasteiger partial charge in [-0.25, -0.2) is 14.6 Å². The molecule has 1 amide bonds. The van der Waals surface area contributed by atoms with Gasteiger partial charge < -0.3 is 10.6 Å². The highest BCUT2D eigenvalue weighted by Gasteiger charge is 2.13. The summed E-state index contributed by atoms with van der Waals surface area (Å²) in [6.07, 6.45) is 3.73. The summed E-state index contributed by atoms with van der Waals surface area (Å²) in [6, 6.07) is 7.31. The summed E-state index contributed by atoms with van der Waals surface area (Å²) < 4.78 is 2.68. The zero-order chi connectivity index (χ0) is 20.1. The largest absolute Gasteiger partial charge is 0.369 e. The van der Waals surface area contributed by atoms with Crippen molar-refractivity contribution in [2.75, 3.05) is 24.7 Å². The lowest BCUT2D eigenvalue weighted by Crippen LogP contribution is -2.27. The molecule has 148 valence electrons. The van der Waals surface area contributed by atoms with E-state index >= 15 is 0 Å². The second-order valence-electron chi connectivity index (χ2n) is 6.70. The van der Waals surface area contributed by atoms with E-state index in [4.69, 9.17) is 0 Å². The van der Waals surface area contributed by atoms with Crippen LogP contribution in [0.25, 0.3) is 11.0 Å². The molecular formula is C19H23BrN6OS. The van der Waals surface area contributed by atoms with E-state index < -0.39 is 0 Å². The molecule has 3 aromatic rings. The maximum absolute atomic E-state index is 12.3. The van der Waals surface area contributed by atoms with Crippen LogP contribution >= 0.6 is 27.7 Å². The van der Waals surface area contributed by atoms with Gasteiger partial charge in [0.2, 0.25) is 0 Å². The van der Waals surface area contributed by atoms with Crippen LogP contribution in [0.5, 0.6) is 0 Å². The Hall–Kier alpha value is -2.13. The fourth-order valence-electron chi connectivity index (χ4n) is 2.63. The Morgan fingerprint density at radius 3 is 2.86 bits per heavy atom. The second kappa shape index (κ2) is 9.38. The van der Waals surface area contributed by atoms with Crippen LogP contribution in [-0.2, 0) is 6.54 Å². The van der Waals surface area contributed by atoms with Crippen molar-refractivity contribution in [1.82, 2.24) is 25.1 Å². The first-order valence-electron chi connectivity index (χ1n) is 9.03. The highest BCUT2D eigenvalue weighted by Crippen LogP contribution is 2.23. The standard InChI is InChI=1S/C19H23BrN6OS/c1-12(2)10-22-16-15-11-23-26(17(15)25-19(24-16)28-3)8-7-21-18(27)13-5-4-6-14(20)9-13/h4-6,9,11-12H,7-8,10H2,1-3H3,(H,21,27)(H,22,24,25). The van der Waals surface area contributed by atoms with Crippen molar-refractivity contribution >= 4 is 50.5 Å². The lowest BCUT2D eigenvalue weighted by atomic mass is 10.2. The van der Waals surface area contributed by atoms with E-state index in [1.807, 2.05) is 18.4 Å². The molecule has 0 spiro atoms. The molecule has 2 aromatic heterocycles. The van der Waals surface area contributed by atoms with Crippen LogP contribution in [-0.4, -0.2) is 45.0 Å². The number of hydrogen-bond acceptors (Lipinski definition) is 6. The molecule has 0 atom stereocenters. The number of aromatic nitrogens is 4. The molecule has 0 aliphatic carbocycles. The summed E-state index contributed by atoms with van der Waals surface area (Å²) in [5.41, 5.74) is 1.38. The normalized spacial score (nSPS) is 11.2. The van der Waals surface area contributed by atoms with Crippen LogP contribution in [0.15, 0.2) is 40.1 Å². The van der Waals surface area contributed by atoms with E-state index in [0.717, 1.165) is 27.9 Å². The van der Waals surface area contributed by atoms with Gasteiger partial charge >= 0.3 is 0 Å². The van der Waals surface area contributed by atoms with Crippen molar-refractivity contribution < 1.29 is 4.79 Å². The third-order valence-electron chi connectivity index (χ3n) is 4.03. The molecule has 0 aliphatic heterocycles. The van der Waals surface area contributed by atoms with E-state index in [9.17, 15) is 4.79 Å². The van der Waals surface area contributed by atoms with E-state index in [0.29, 0.717) is 29.7 Å². The minimum absolute atomic E-state index is 0.114. The van der Waals surface area contributed by atoms with Crippen molar-refractivity contribution in [3.8, 4) is 0 Å². The predicted molar refractivity (Wildman–Crippen MR) is 117 cm³/mol. The maximum Gasteiger partial charge on any atom is 0.251 e. The van der Waals surface area contributed by atoms with Crippen LogP contribution in [0, 0.1) is 5.92 Å². The molecule has 7 nitrogen and oxygen atoms in total. The first-order chi connectivity index (χ1) is 13.5. The van der Waals surface area contributed by atoms with Gasteiger partial charge in [0, 0.05) is 23.1 Å². The van der Waals surface area contributed by atoms with E-state index in [-0.39, 0.29) is 5.91 Å². The van der Waals surface area contributed by atoms with Crippen LogP contribution in [0.4, 0.5) is 5.82 Å². The third-order valence-corrected chi connectivity index (χ3v) is 5.07. The molecule has 0 unspecified atom stereocenters. The number of halogens is 1. The molecule has 28 heavy (non-hydrogen) atoms. The van der Waals surface area contributed by atoms with Crippen molar-refractivity contribution in [2.45, 2.75) is 25.5 Å². The highest BCUT2D eigenvalue weighted by atomic mass is 79.9. The van der Waals surface area contributed by atoms with E-state index in [1.165, 1.54) is 11.8 Å². The zero-order valence-electron chi connectivity index (χ0n) is 16.1. The summed E-state index contributed by atoms with van der Waals surface area (Å²) in [6.45, 7) is 6.11. The molecule has 0 aliphatic rings. The second-order valence-corrected chi connectivity index (χ2v) is 8.39. The van der Waals surface area contributed by atoms with E-state index in [2.05, 4.69) is 55.5 Å². The number of hydrogen-bond donors (Lipinski definition) is 2. The van der Waals surface area contributed by atoms with Gasteiger partial charge in [0.15, 0.2) is 10.8 Å². The van der Waals surface area contributed by atoms with Crippen LogP contribution in [0.2, 0.25) is 0 Å². The number of nitrogens with zero attached hydrogens (tertiary/aromatic N) is 4. The summed E-state index contributed by atoms with van der Waals surface area (Å²) >= 11 is 4.88. The van der Waals surface area contributed by atoms with Gasteiger partial charge in [-0.15, -0.1) is 0 Å². The number of carbonyl (C=O) groups excluding carboxylic acids is 1. The first-order valence-corrected chi connectivity index (χ1v) is 11.0. The van der Waals surface area contributed by atoms with Gasteiger partial charge in [-0.1, -0.05) is 47.6 Å². The predicted octanol–water partition coefficient (Wildman–Crippen LogP) is 3.81. The van der Waals surface area contributed by atoms with Gasteiger partial charge in [-0.3, -0.25) is 4.79 Å². The van der Waals surface area contributed by atoms with Gasteiger partial charge in [-0.2, -0.15) is 5.10 Å². The SMILES string of the molecule is CSc1nc(NCC(C)C)c2cnn(CCNC(=O)c3cccc(Br)c3)c2n1. The Morgan fingerprint density at radius 2 is 2.14 bits per heavy atom. The summed E-state index contributed by atoms with van der Waals surface area (Å²) in [5, 5.41) is 12.3. The number of fused-ring (bicyclic) bond motifs is 1. The molecule has 0 fully saturated rings. The topological polar surface area (TPSA) is 84.7 Å². The molecule has 9 heteroatoms. The number of carbonyl (C=O) groups is 1. The molecule has 0 bridgehead atoms. The average molecular weight is 463 g/mol. The van der Waals surface area contributed by atoms with Gasteiger partial charge in [0.05, 0.1) is 18.1 Å². The van der Waals surface area contributed by atoms with Crippen LogP contribution < -0.4 is 10.6 Å². The summed E-state index contributed by atoms with van der Waals surface area (Å²) in [7, 11) is 0.